The van der Waals surface area contributed by atoms with Gasteiger partial charge in [0.2, 0.25) is 5.91 Å². The molecule has 2 fully saturated rings. The van der Waals surface area contributed by atoms with Gasteiger partial charge in [-0.05, 0) is 18.8 Å². The lowest BCUT2D eigenvalue weighted by Crippen LogP contribution is -2.29. The third kappa shape index (κ3) is 2.96. The van der Waals surface area contributed by atoms with Crippen LogP contribution in [0.15, 0.2) is 12.4 Å². The number of aromatic nitrogens is 3. The van der Waals surface area contributed by atoms with Gasteiger partial charge in [-0.1, -0.05) is 30.9 Å². The van der Waals surface area contributed by atoms with E-state index < -0.39 is 0 Å². The van der Waals surface area contributed by atoms with E-state index in [1.54, 1.807) is 6.20 Å². The maximum Gasteiger partial charge on any atom is 0.222 e. The van der Waals surface area contributed by atoms with Crippen molar-refractivity contribution in [2.24, 2.45) is 5.92 Å². The quantitative estimate of drug-likeness (QED) is 0.834. The van der Waals surface area contributed by atoms with Gasteiger partial charge < -0.3 is 4.90 Å². The van der Waals surface area contributed by atoms with E-state index in [9.17, 15) is 4.79 Å². The molecule has 1 aliphatic heterocycles. The summed E-state index contributed by atoms with van der Waals surface area (Å²) in [5.74, 6) is 1.13. The fourth-order valence-electron chi connectivity index (χ4n) is 3.38. The summed E-state index contributed by atoms with van der Waals surface area (Å²) in [6.45, 7) is 1.67. The summed E-state index contributed by atoms with van der Waals surface area (Å²) in [6, 6.07) is 0.318. The Morgan fingerprint density at radius 3 is 2.84 bits per heavy atom. The Kier molecular flexibility index (Phi) is 3.80. The molecule has 1 aliphatic carbocycles. The third-order valence-corrected chi connectivity index (χ3v) is 4.57. The van der Waals surface area contributed by atoms with Crippen molar-refractivity contribution in [1.29, 1.82) is 0 Å². The maximum absolute atomic E-state index is 12.2. The Balaban J connectivity index is 1.46. The van der Waals surface area contributed by atoms with E-state index in [0.717, 1.165) is 38.3 Å². The van der Waals surface area contributed by atoms with E-state index in [2.05, 4.69) is 10.3 Å². The van der Waals surface area contributed by atoms with Crippen molar-refractivity contribution in [2.45, 2.75) is 51.0 Å². The van der Waals surface area contributed by atoms with Crippen LogP contribution in [0.3, 0.4) is 0 Å². The van der Waals surface area contributed by atoms with Gasteiger partial charge >= 0.3 is 0 Å². The Morgan fingerprint density at radius 1 is 1.26 bits per heavy atom. The molecular formula is C14H22N4O. The molecule has 5 nitrogen and oxygen atoms in total. The molecule has 3 rings (SSSR count). The van der Waals surface area contributed by atoms with Crippen molar-refractivity contribution in [1.82, 2.24) is 19.9 Å². The van der Waals surface area contributed by atoms with Gasteiger partial charge in [0, 0.05) is 25.7 Å². The lowest BCUT2D eigenvalue weighted by Gasteiger charge is -2.17. The summed E-state index contributed by atoms with van der Waals surface area (Å²) in [7, 11) is 0. The molecule has 1 aromatic heterocycles. The van der Waals surface area contributed by atoms with Gasteiger partial charge in [-0.15, -0.1) is 5.10 Å². The zero-order valence-electron chi connectivity index (χ0n) is 11.4. The number of amides is 1. The third-order valence-electron chi connectivity index (χ3n) is 4.57. The average molecular weight is 262 g/mol. The molecule has 1 amide bonds. The van der Waals surface area contributed by atoms with Crippen LogP contribution in [-0.2, 0) is 4.79 Å². The second kappa shape index (κ2) is 5.72. The van der Waals surface area contributed by atoms with Gasteiger partial charge in [0.05, 0.1) is 12.2 Å². The number of carbonyl (C=O) groups is 1. The summed E-state index contributed by atoms with van der Waals surface area (Å²) in [6.07, 6.45) is 11.8. The van der Waals surface area contributed by atoms with E-state index in [1.807, 2.05) is 15.8 Å². The van der Waals surface area contributed by atoms with Crippen molar-refractivity contribution >= 4 is 5.91 Å². The van der Waals surface area contributed by atoms with Crippen LogP contribution in [0.5, 0.6) is 0 Å². The number of nitrogens with zero attached hydrogens (tertiary/aromatic N) is 4. The first kappa shape index (κ1) is 12.6. The van der Waals surface area contributed by atoms with Crippen LogP contribution in [0, 0.1) is 5.92 Å². The predicted molar refractivity (Wildman–Crippen MR) is 71.4 cm³/mol. The number of likely N-dealkylation sites (tertiary alicyclic amines) is 1. The molecule has 19 heavy (non-hydrogen) atoms. The van der Waals surface area contributed by atoms with Crippen molar-refractivity contribution in [2.75, 3.05) is 13.1 Å². The average Bonchev–Trinajstić information content (AvgIpc) is 3.14. The van der Waals surface area contributed by atoms with Crippen LogP contribution >= 0.6 is 0 Å². The normalized spacial score (nSPS) is 24.2. The molecular weight excluding hydrogens is 240 g/mol. The van der Waals surface area contributed by atoms with Gasteiger partial charge in [0.25, 0.3) is 0 Å². The number of hydrogen-bond acceptors (Lipinski definition) is 3. The Morgan fingerprint density at radius 2 is 2.11 bits per heavy atom. The molecule has 2 heterocycles. The second-order valence-electron chi connectivity index (χ2n) is 5.85. The summed E-state index contributed by atoms with van der Waals surface area (Å²) in [4.78, 5) is 14.2. The minimum atomic E-state index is 0.318. The molecule has 0 N–H and O–H groups in total. The standard InChI is InChI=1S/C14H22N4O/c19-14(6-5-12-3-1-2-4-12)17-9-7-13(11-17)18-10-8-15-16-18/h8,10,12-13H,1-7,9,11H2. The van der Waals surface area contributed by atoms with E-state index >= 15 is 0 Å². The predicted octanol–water partition coefficient (Wildman–Crippen LogP) is 2.02. The van der Waals surface area contributed by atoms with Crippen LogP contribution in [0.25, 0.3) is 0 Å². The lowest BCUT2D eigenvalue weighted by atomic mass is 10.0. The zero-order chi connectivity index (χ0) is 13.1. The fraction of sp³-hybridized carbons (Fsp3) is 0.786. The highest BCUT2D eigenvalue weighted by Gasteiger charge is 2.28. The molecule has 0 spiro atoms. The molecule has 104 valence electrons. The molecule has 1 saturated carbocycles. The summed E-state index contributed by atoms with van der Waals surface area (Å²) < 4.78 is 1.88. The van der Waals surface area contributed by atoms with Gasteiger partial charge in [0.1, 0.15) is 0 Å². The van der Waals surface area contributed by atoms with Crippen molar-refractivity contribution in [3.05, 3.63) is 12.4 Å². The minimum absolute atomic E-state index is 0.318. The van der Waals surface area contributed by atoms with E-state index in [-0.39, 0.29) is 0 Å². The van der Waals surface area contributed by atoms with Gasteiger partial charge in [0.15, 0.2) is 0 Å². The topological polar surface area (TPSA) is 51.0 Å². The smallest absolute Gasteiger partial charge is 0.222 e. The van der Waals surface area contributed by atoms with Gasteiger partial charge in [-0.25, -0.2) is 4.68 Å². The first-order chi connectivity index (χ1) is 9.33. The number of hydrogen-bond donors (Lipinski definition) is 0. The van der Waals surface area contributed by atoms with Gasteiger partial charge in [-0.2, -0.15) is 0 Å². The molecule has 0 aromatic carbocycles. The zero-order valence-corrected chi connectivity index (χ0v) is 11.4. The Labute approximate surface area is 114 Å². The highest BCUT2D eigenvalue weighted by molar-refractivity contribution is 5.76. The molecule has 1 saturated heterocycles. The maximum atomic E-state index is 12.2. The molecule has 0 bridgehead atoms. The van der Waals surface area contributed by atoms with Crippen molar-refractivity contribution in [3.63, 3.8) is 0 Å². The number of carbonyl (C=O) groups excluding carboxylic acids is 1. The first-order valence-corrected chi connectivity index (χ1v) is 7.46. The van der Waals surface area contributed by atoms with Gasteiger partial charge in [-0.3, -0.25) is 4.79 Å². The van der Waals surface area contributed by atoms with E-state index in [4.69, 9.17) is 0 Å². The fourth-order valence-corrected chi connectivity index (χ4v) is 3.38. The van der Waals surface area contributed by atoms with Crippen LogP contribution in [0.1, 0.15) is 51.0 Å². The largest absolute Gasteiger partial charge is 0.340 e. The SMILES string of the molecule is O=C(CCC1CCCC1)N1CCC(n2ccnn2)C1. The van der Waals surface area contributed by atoms with Crippen LogP contribution in [-0.4, -0.2) is 38.9 Å². The molecule has 1 aromatic rings. The molecule has 2 aliphatic rings. The van der Waals surface area contributed by atoms with Crippen LogP contribution in [0.2, 0.25) is 0 Å². The highest BCUT2D eigenvalue weighted by atomic mass is 16.2. The Bertz CT molecular complexity index is 411. The van der Waals surface area contributed by atoms with E-state index in [0.29, 0.717) is 11.9 Å². The molecule has 5 heteroatoms. The first-order valence-electron chi connectivity index (χ1n) is 7.46. The molecule has 1 atom stereocenters. The van der Waals surface area contributed by atoms with Crippen molar-refractivity contribution in [3.8, 4) is 0 Å². The summed E-state index contributed by atoms with van der Waals surface area (Å²) in [5, 5.41) is 7.86. The van der Waals surface area contributed by atoms with Crippen LogP contribution < -0.4 is 0 Å². The van der Waals surface area contributed by atoms with Crippen molar-refractivity contribution < 1.29 is 4.79 Å². The monoisotopic (exact) mass is 262 g/mol. The summed E-state index contributed by atoms with van der Waals surface area (Å²) >= 11 is 0. The second-order valence-corrected chi connectivity index (χ2v) is 5.85. The van der Waals surface area contributed by atoms with Crippen LogP contribution in [0.4, 0.5) is 0 Å². The Hall–Kier alpha value is -1.39. The molecule has 0 radical (unpaired) electrons. The minimum Gasteiger partial charge on any atom is -0.340 e. The lowest BCUT2D eigenvalue weighted by molar-refractivity contribution is -0.130. The number of rotatable bonds is 4. The van der Waals surface area contributed by atoms with E-state index in [1.165, 1.54) is 25.7 Å². The summed E-state index contributed by atoms with van der Waals surface area (Å²) in [5.41, 5.74) is 0. The highest BCUT2D eigenvalue weighted by Crippen LogP contribution is 2.29. The molecule has 1 unspecified atom stereocenters.